The Morgan fingerprint density at radius 3 is 2.34 bits per heavy atom. The molecule has 2 heterocycles. The fourth-order valence-corrected chi connectivity index (χ4v) is 5.48. The van der Waals surface area contributed by atoms with Crippen molar-refractivity contribution in [1.29, 1.82) is 5.41 Å². The molecule has 10 nitrogen and oxygen atoms in total. The second-order valence-electron chi connectivity index (χ2n) is 8.34. The van der Waals surface area contributed by atoms with Crippen LogP contribution in [-0.2, 0) is 16.6 Å². The zero-order valence-electron chi connectivity index (χ0n) is 16.8. The molecule has 0 bridgehead atoms. The summed E-state index contributed by atoms with van der Waals surface area (Å²) in [5.41, 5.74) is 3.77. The van der Waals surface area contributed by atoms with Gasteiger partial charge in [0.2, 0.25) is 15.9 Å². The van der Waals surface area contributed by atoms with Gasteiger partial charge in [-0.2, -0.15) is 0 Å². The summed E-state index contributed by atoms with van der Waals surface area (Å²) in [4.78, 5) is 25.9. The van der Waals surface area contributed by atoms with Crippen molar-refractivity contribution in [2.75, 3.05) is 19.3 Å². The Labute approximate surface area is 169 Å². The average Bonchev–Trinajstić information content (AvgIpc) is 2.59. The number of nitrogens with two attached hydrogens (primary N) is 1. The zero-order chi connectivity index (χ0) is 21.6. The lowest BCUT2D eigenvalue weighted by atomic mass is 9.68. The molecule has 4 N–H and O–H groups in total. The molecular weight excluding hydrogens is 398 g/mol. The van der Waals surface area contributed by atoms with E-state index >= 15 is 0 Å². The minimum Gasteiger partial charge on any atom is -0.494 e. The van der Waals surface area contributed by atoms with Gasteiger partial charge in [-0.05, 0) is 37.5 Å². The summed E-state index contributed by atoms with van der Waals surface area (Å²) < 4.78 is 27.0. The Kier molecular flexibility index (Phi) is 5.65. The van der Waals surface area contributed by atoms with E-state index in [4.69, 9.17) is 11.1 Å². The van der Waals surface area contributed by atoms with Crippen LogP contribution in [0, 0.1) is 10.8 Å². The smallest absolute Gasteiger partial charge is 0.334 e. The summed E-state index contributed by atoms with van der Waals surface area (Å²) in [6.07, 6.45) is 5.16. The van der Waals surface area contributed by atoms with Gasteiger partial charge in [0.05, 0.1) is 6.26 Å². The van der Waals surface area contributed by atoms with Crippen LogP contribution in [0.4, 0.5) is 0 Å². The summed E-state index contributed by atoms with van der Waals surface area (Å²) in [5.74, 6) is -1.12. The average molecular weight is 428 g/mol. The third kappa shape index (κ3) is 3.85. The van der Waals surface area contributed by atoms with E-state index in [9.17, 15) is 23.1 Å². The summed E-state index contributed by atoms with van der Waals surface area (Å²) in [7, 11) is -3.20. The summed E-state index contributed by atoms with van der Waals surface area (Å²) in [5, 5.41) is 18.1. The fourth-order valence-electron chi connectivity index (χ4n) is 4.46. The zero-order valence-corrected chi connectivity index (χ0v) is 17.7. The van der Waals surface area contributed by atoms with Gasteiger partial charge in [-0.25, -0.2) is 17.5 Å². The number of unbranched alkanes of at least 4 members (excludes halogenated alkanes) is 1. The van der Waals surface area contributed by atoms with Crippen molar-refractivity contribution in [3.63, 3.8) is 0 Å². The second-order valence-corrected chi connectivity index (χ2v) is 10.3. The highest BCUT2D eigenvalue weighted by atomic mass is 32.2. The van der Waals surface area contributed by atoms with Gasteiger partial charge >= 0.3 is 5.69 Å². The van der Waals surface area contributed by atoms with Gasteiger partial charge in [-0.3, -0.25) is 19.3 Å². The topological polar surface area (TPSA) is 151 Å². The molecule has 1 saturated heterocycles. The molecule has 1 saturated carbocycles. The number of amidine groups is 1. The SMILES string of the molecule is CCCCn1c(O)c(C(=N)N)c(=O)n(C2CCC3(CC2)CN(S(C)(=O)=O)C3)c1=O. The lowest BCUT2D eigenvalue weighted by Crippen LogP contribution is -2.59. The maximum atomic E-state index is 13.0. The molecule has 11 heteroatoms. The molecule has 2 aliphatic rings. The first-order valence-electron chi connectivity index (χ1n) is 9.88. The number of nitrogens with zero attached hydrogens (tertiary/aromatic N) is 3. The largest absolute Gasteiger partial charge is 0.494 e. The van der Waals surface area contributed by atoms with Gasteiger partial charge in [-0.1, -0.05) is 13.3 Å². The highest BCUT2D eigenvalue weighted by molar-refractivity contribution is 7.88. The monoisotopic (exact) mass is 427 g/mol. The molecule has 0 aromatic carbocycles. The van der Waals surface area contributed by atoms with Crippen LogP contribution in [0.2, 0.25) is 0 Å². The van der Waals surface area contributed by atoms with E-state index < -0.39 is 33.0 Å². The molecule has 0 atom stereocenters. The van der Waals surface area contributed by atoms with Crippen LogP contribution in [-0.4, -0.2) is 52.1 Å². The van der Waals surface area contributed by atoms with Crippen molar-refractivity contribution in [1.82, 2.24) is 13.4 Å². The van der Waals surface area contributed by atoms with Gasteiger partial charge in [0, 0.05) is 25.7 Å². The van der Waals surface area contributed by atoms with Crippen molar-refractivity contribution in [3.05, 3.63) is 26.4 Å². The van der Waals surface area contributed by atoms with Gasteiger partial charge < -0.3 is 10.8 Å². The molecule has 162 valence electrons. The van der Waals surface area contributed by atoms with Crippen LogP contribution in [0.25, 0.3) is 0 Å². The van der Waals surface area contributed by atoms with E-state index in [0.29, 0.717) is 45.2 Å². The van der Waals surface area contributed by atoms with E-state index in [-0.39, 0.29) is 23.6 Å². The third-order valence-corrected chi connectivity index (χ3v) is 7.42. The molecular formula is C18H29N5O5S. The molecule has 3 rings (SSSR count). The molecule has 1 aliphatic carbocycles. The predicted octanol–water partition coefficient (Wildman–Crippen LogP) is 0.176. The number of aromatic nitrogens is 2. The van der Waals surface area contributed by atoms with Crippen LogP contribution >= 0.6 is 0 Å². The van der Waals surface area contributed by atoms with Gasteiger partial charge in [-0.15, -0.1) is 0 Å². The quantitative estimate of drug-likeness (QED) is 0.435. The molecule has 2 fully saturated rings. The highest BCUT2D eigenvalue weighted by Gasteiger charge is 2.48. The summed E-state index contributed by atoms with van der Waals surface area (Å²) in [6, 6.07) is -0.362. The molecule has 29 heavy (non-hydrogen) atoms. The second kappa shape index (κ2) is 7.60. The Morgan fingerprint density at radius 2 is 1.86 bits per heavy atom. The molecule has 0 amide bonds. The maximum absolute atomic E-state index is 13.0. The molecule has 1 aromatic heterocycles. The normalized spacial score (nSPS) is 19.9. The number of rotatable bonds is 6. The van der Waals surface area contributed by atoms with Crippen molar-refractivity contribution in [3.8, 4) is 5.88 Å². The van der Waals surface area contributed by atoms with E-state index in [0.717, 1.165) is 15.6 Å². The molecule has 1 spiro atoms. The fraction of sp³-hybridized carbons (Fsp3) is 0.722. The van der Waals surface area contributed by atoms with Crippen molar-refractivity contribution in [2.24, 2.45) is 11.1 Å². The predicted molar refractivity (Wildman–Crippen MR) is 109 cm³/mol. The number of sulfonamides is 1. The Balaban J connectivity index is 1.90. The van der Waals surface area contributed by atoms with Gasteiger partial charge in [0.15, 0.2) is 0 Å². The van der Waals surface area contributed by atoms with Gasteiger partial charge in [0.1, 0.15) is 11.4 Å². The Bertz CT molecular complexity index is 1030. The van der Waals surface area contributed by atoms with Crippen LogP contribution in [0.5, 0.6) is 5.88 Å². The number of nitrogens with one attached hydrogen (secondary N) is 1. The lowest BCUT2D eigenvalue weighted by Gasteiger charge is -2.52. The minimum atomic E-state index is -3.20. The summed E-state index contributed by atoms with van der Waals surface area (Å²) >= 11 is 0. The first-order chi connectivity index (χ1) is 13.5. The molecule has 1 aromatic rings. The molecule has 0 unspecified atom stereocenters. The van der Waals surface area contributed by atoms with Gasteiger partial charge in [0.25, 0.3) is 5.56 Å². The van der Waals surface area contributed by atoms with Crippen molar-refractivity contribution >= 4 is 15.9 Å². The molecule has 0 radical (unpaired) electrons. The van der Waals surface area contributed by atoms with E-state index in [2.05, 4.69) is 0 Å². The van der Waals surface area contributed by atoms with E-state index in [1.807, 2.05) is 6.92 Å². The van der Waals surface area contributed by atoms with Crippen LogP contribution in [0.15, 0.2) is 9.59 Å². The number of hydrogen-bond acceptors (Lipinski definition) is 6. The van der Waals surface area contributed by atoms with Crippen molar-refractivity contribution < 1.29 is 13.5 Å². The van der Waals surface area contributed by atoms with Crippen LogP contribution in [0.1, 0.15) is 57.1 Å². The first kappa shape index (κ1) is 21.6. The van der Waals surface area contributed by atoms with E-state index in [1.54, 1.807) is 0 Å². The maximum Gasteiger partial charge on any atom is 0.334 e. The number of hydrogen-bond donors (Lipinski definition) is 3. The highest BCUT2D eigenvalue weighted by Crippen LogP contribution is 2.47. The van der Waals surface area contributed by atoms with Crippen LogP contribution < -0.4 is 17.0 Å². The number of nitrogen functional groups attached to an aromatic ring is 1. The number of aromatic hydroxyl groups is 1. The standard InChI is InChI=1S/C18H29N5O5S/c1-3-4-9-22-15(24)13(14(19)20)16(25)23(17(22)26)12-5-7-18(8-6-12)10-21(11-18)29(2,27)28/h12,24H,3-11H2,1-2H3,(H3,19,20). The molecule has 1 aliphatic heterocycles. The van der Waals surface area contributed by atoms with Crippen molar-refractivity contribution in [2.45, 2.75) is 58.0 Å². The Hall–Kier alpha value is -2.14. The van der Waals surface area contributed by atoms with Crippen LogP contribution in [0.3, 0.4) is 0 Å². The third-order valence-electron chi connectivity index (χ3n) is 6.23. The van der Waals surface area contributed by atoms with E-state index in [1.165, 1.54) is 10.6 Å². The first-order valence-corrected chi connectivity index (χ1v) is 11.7. The lowest BCUT2D eigenvalue weighted by molar-refractivity contribution is 0.0164. The summed E-state index contributed by atoms with van der Waals surface area (Å²) in [6.45, 7) is 3.13. The minimum absolute atomic E-state index is 0.0925. The Morgan fingerprint density at radius 1 is 1.28 bits per heavy atom.